The summed E-state index contributed by atoms with van der Waals surface area (Å²) in [6, 6.07) is 4.74. The molecule has 5 nitrogen and oxygen atoms in total. The van der Waals surface area contributed by atoms with Gasteiger partial charge in [-0.25, -0.2) is 0 Å². The van der Waals surface area contributed by atoms with Crippen molar-refractivity contribution >= 4 is 32.8 Å². The highest BCUT2D eigenvalue weighted by molar-refractivity contribution is 9.10. The summed E-state index contributed by atoms with van der Waals surface area (Å²) in [5, 5.41) is 7.83. The molecule has 0 radical (unpaired) electrons. The fraction of sp³-hybridized carbons (Fsp3) is 0.462. The smallest absolute Gasteiger partial charge is 0.113 e. The van der Waals surface area contributed by atoms with Crippen molar-refractivity contribution in [2.75, 3.05) is 13.1 Å². The summed E-state index contributed by atoms with van der Waals surface area (Å²) in [7, 11) is 0. The van der Waals surface area contributed by atoms with Crippen molar-refractivity contribution in [1.29, 1.82) is 5.41 Å². The molecular weight excluding hydrogens is 342 g/mol. The zero-order valence-electron chi connectivity index (χ0n) is 11.0. The Kier molecular flexibility index (Phi) is 5.31. The van der Waals surface area contributed by atoms with E-state index in [0.717, 1.165) is 31.5 Å². The number of hydrogen-bond donors (Lipinski definition) is 2. The number of nitrogens with two attached hydrogens (primary N) is 1. The number of nitrogens with zero attached hydrogens (tertiary/aromatic N) is 1. The molecule has 0 aromatic heterocycles. The summed E-state index contributed by atoms with van der Waals surface area (Å²) in [4.78, 5) is 2.40. The molecule has 1 saturated heterocycles. The Morgan fingerprint density at radius 3 is 2.55 bits per heavy atom. The van der Waals surface area contributed by atoms with Crippen molar-refractivity contribution in [2.45, 2.75) is 30.2 Å². The zero-order chi connectivity index (χ0) is 14.7. The molecule has 0 bridgehead atoms. The first-order chi connectivity index (χ1) is 9.50. The van der Waals surface area contributed by atoms with Crippen LogP contribution in [0.4, 0.5) is 0 Å². The van der Waals surface area contributed by atoms with E-state index in [0.29, 0.717) is 4.47 Å². The fourth-order valence-electron chi connectivity index (χ4n) is 2.59. The molecule has 3 N–H and O–H groups in total. The molecule has 0 amide bonds. The fourth-order valence-corrected chi connectivity index (χ4v) is 3.78. The van der Waals surface area contributed by atoms with Gasteiger partial charge in [0.15, 0.2) is 0 Å². The Morgan fingerprint density at radius 1 is 1.40 bits per heavy atom. The summed E-state index contributed by atoms with van der Waals surface area (Å²) in [6.45, 7) is 1.83. The lowest BCUT2D eigenvalue weighted by molar-refractivity contribution is 0.201. The Balaban J connectivity index is 2.32. The molecule has 1 heterocycles. The zero-order valence-corrected chi connectivity index (χ0v) is 13.4. The van der Waals surface area contributed by atoms with E-state index >= 15 is 0 Å². The predicted octanol–water partition coefficient (Wildman–Crippen LogP) is 2.15. The number of nitrogens with one attached hydrogen (secondary N) is 1. The Bertz CT molecular complexity index is 532. The second-order valence-electron chi connectivity index (χ2n) is 4.88. The van der Waals surface area contributed by atoms with Gasteiger partial charge >= 0.3 is 0 Å². The van der Waals surface area contributed by atoms with E-state index in [1.54, 1.807) is 18.2 Å². The highest BCUT2D eigenvalue weighted by atomic mass is 79.9. The highest BCUT2D eigenvalue weighted by Gasteiger charge is 2.25. The van der Waals surface area contributed by atoms with E-state index in [-0.39, 0.29) is 16.8 Å². The van der Waals surface area contributed by atoms with Gasteiger partial charge in [0, 0.05) is 9.37 Å². The van der Waals surface area contributed by atoms with Crippen LogP contribution in [0.1, 0.15) is 30.9 Å². The van der Waals surface area contributed by atoms with Crippen molar-refractivity contribution in [3.8, 4) is 0 Å². The summed E-state index contributed by atoms with van der Waals surface area (Å²) in [5.74, 6) is 0.0924. The van der Waals surface area contributed by atoms with Crippen LogP contribution in [-0.4, -0.2) is 32.6 Å². The van der Waals surface area contributed by atoms with E-state index in [4.69, 9.17) is 11.1 Å². The van der Waals surface area contributed by atoms with Crippen molar-refractivity contribution in [3.63, 3.8) is 0 Å². The van der Waals surface area contributed by atoms with Crippen LogP contribution in [0.15, 0.2) is 27.6 Å². The van der Waals surface area contributed by atoms with E-state index < -0.39 is 11.1 Å². The minimum atomic E-state index is -2.27. The summed E-state index contributed by atoms with van der Waals surface area (Å²) >= 11 is 0.993. The largest absolute Gasteiger partial charge is 0.768 e. The van der Waals surface area contributed by atoms with E-state index in [2.05, 4.69) is 20.8 Å². The van der Waals surface area contributed by atoms with Crippen LogP contribution in [0, 0.1) is 5.41 Å². The number of halogens is 1. The summed E-state index contributed by atoms with van der Waals surface area (Å²) in [6.07, 6.45) is 3.42. The van der Waals surface area contributed by atoms with Crippen LogP contribution < -0.4 is 5.73 Å². The Labute approximate surface area is 129 Å². The molecule has 110 valence electrons. The molecular formula is C13H17BrN3O2S-. The topological polar surface area (TPSA) is 93.2 Å². The minimum absolute atomic E-state index is 0.0924. The van der Waals surface area contributed by atoms with Gasteiger partial charge in [-0.15, -0.1) is 0 Å². The van der Waals surface area contributed by atoms with Crippen molar-refractivity contribution in [3.05, 3.63) is 28.2 Å². The normalized spacial score (nSPS) is 19.5. The van der Waals surface area contributed by atoms with Gasteiger partial charge in [-0.3, -0.25) is 14.5 Å². The molecule has 7 heteroatoms. The molecule has 1 aliphatic rings. The molecule has 2 atom stereocenters. The second kappa shape index (κ2) is 6.80. The lowest BCUT2D eigenvalue weighted by Crippen LogP contribution is -2.40. The quantitative estimate of drug-likeness (QED) is 0.489. The molecule has 0 aliphatic carbocycles. The monoisotopic (exact) mass is 358 g/mol. The molecule has 1 aliphatic heterocycles. The maximum atomic E-state index is 11.0. The molecule has 0 saturated carbocycles. The van der Waals surface area contributed by atoms with Crippen molar-refractivity contribution in [1.82, 2.24) is 4.90 Å². The van der Waals surface area contributed by atoms with Gasteiger partial charge in [0.25, 0.3) is 0 Å². The molecule has 1 fully saturated rings. The molecule has 1 aromatic rings. The molecule has 20 heavy (non-hydrogen) atoms. The van der Waals surface area contributed by atoms with Gasteiger partial charge in [0.05, 0.1) is 6.04 Å². The van der Waals surface area contributed by atoms with Crippen molar-refractivity contribution in [2.24, 2.45) is 5.73 Å². The standard InChI is InChI=1S/C13H18BrN3O2S/c14-10-8-9(4-5-11(10)20(18)19)12(13(15)16)17-6-2-1-3-7-17/h4-5,8,12H,1-3,6-7H2,(H3,15,16)(H,18,19)/p-1. The van der Waals surface area contributed by atoms with Crippen LogP contribution in [0.3, 0.4) is 0 Å². The number of likely N-dealkylation sites (tertiary alicyclic amines) is 1. The lowest BCUT2D eigenvalue weighted by atomic mass is 10.0. The second-order valence-corrected chi connectivity index (χ2v) is 6.64. The van der Waals surface area contributed by atoms with Crippen LogP contribution in [0.2, 0.25) is 0 Å². The number of rotatable bonds is 4. The van der Waals surface area contributed by atoms with Gasteiger partial charge in [0.2, 0.25) is 0 Å². The highest BCUT2D eigenvalue weighted by Crippen LogP contribution is 2.29. The Hall–Kier alpha value is -0.760. The number of piperidine rings is 1. The third-order valence-corrected chi connectivity index (χ3v) is 5.14. The predicted molar refractivity (Wildman–Crippen MR) is 81.4 cm³/mol. The van der Waals surface area contributed by atoms with Gasteiger partial charge in [-0.05, 0) is 70.6 Å². The van der Waals surface area contributed by atoms with Gasteiger partial charge < -0.3 is 10.3 Å². The van der Waals surface area contributed by atoms with Gasteiger partial charge in [-0.1, -0.05) is 12.5 Å². The van der Waals surface area contributed by atoms with Crippen LogP contribution in [0.5, 0.6) is 0 Å². The third kappa shape index (κ3) is 3.46. The summed E-state index contributed by atoms with van der Waals surface area (Å²) < 4.78 is 22.6. The molecule has 0 spiro atoms. The average molecular weight is 359 g/mol. The van der Waals surface area contributed by atoms with Crippen molar-refractivity contribution < 1.29 is 8.76 Å². The lowest BCUT2D eigenvalue weighted by Gasteiger charge is -2.34. The molecule has 2 rings (SSSR count). The first-order valence-corrected chi connectivity index (χ1v) is 8.34. The first-order valence-electron chi connectivity index (χ1n) is 6.47. The van der Waals surface area contributed by atoms with Gasteiger partial charge in [-0.2, -0.15) is 0 Å². The Morgan fingerprint density at radius 2 is 2.05 bits per heavy atom. The molecule has 2 unspecified atom stereocenters. The van der Waals surface area contributed by atoms with Crippen LogP contribution in [0.25, 0.3) is 0 Å². The summed E-state index contributed by atoms with van der Waals surface area (Å²) in [5.41, 5.74) is 6.60. The number of amidine groups is 1. The number of benzene rings is 1. The maximum absolute atomic E-state index is 11.0. The minimum Gasteiger partial charge on any atom is -0.768 e. The average Bonchev–Trinajstić information content (AvgIpc) is 2.39. The van der Waals surface area contributed by atoms with E-state index in [9.17, 15) is 8.76 Å². The molecule has 1 aromatic carbocycles. The van der Waals surface area contributed by atoms with E-state index in [1.165, 1.54) is 6.42 Å². The first kappa shape index (κ1) is 15.6. The maximum Gasteiger partial charge on any atom is 0.113 e. The SMILES string of the molecule is N=C(N)C(c1ccc(S(=O)[O-])c(Br)c1)N1CCCCC1. The van der Waals surface area contributed by atoms with Crippen LogP contribution >= 0.6 is 15.9 Å². The van der Waals surface area contributed by atoms with Crippen LogP contribution in [-0.2, 0) is 11.1 Å². The van der Waals surface area contributed by atoms with E-state index in [1.807, 2.05) is 0 Å². The number of hydrogen-bond acceptors (Lipinski definition) is 4. The third-order valence-electron chi connectivity index (χ3n) is 3.50. The van der Waals surface area contributed by atoms with Gasteiger partial charge in [0.1, 0.15) is 5.84 Å².